The SMILES string of the molecule is CC(C)CC(NC(=O)C(CCC(=O)O)NC(=O)C(C)NC(=O)C(N)C(C)O)C(=O)O. The van der Waals surface area contributed by atoms with Crippen LogP contribution in [0.4, 0.5) is 0 Å². The van der Waals surface area contributed by atoms with Crippen LogP contribution in [0.2, 0.25) is 0 Å². The number of hydrogen-bond acceptors (Lipinski definition) is 7. The maximum Gasteiger partial charge on any atom is 0.326 e. The number of nitrogens with two attached hydrogens (primary N) is 1. The fraction of sp³-hybridized carbons (Fsp3) is 0.722. The normalized spacial score (nSPS) is 16.0. The molecule has 30 heavy (non-hydrogen) atoms. The fourth-order valence-corrected chi connectivity index (χ4v) is 2.39. The summed E-state index contributed by atoms with van der Waals surface area (Å²) in [6, 6.07) is -4.94. The van der Waals surface area contributed by atoms with Crippen molar-refractivity contribution >= 4 is 29.7 Å². The summed E-state index contributed by atoms with van der Waals surface area (Å²) in [7, 11) is 0. The highest BCUT2D eigenvalue weighted by Gasteiger charge is 2.29. The Morgan fingerprint density at radius 2 is 1.37 bits per heavy atom. The summed E-state index contributed by atoms with van der Waals surface area (Å²) in [6.07, 6.45) is -1.74. The molecule has 0 saturated heterocycles. The molecule has 0 fully saturated rings. The molecule has 5 atom stereocenters. The lowest BCUT2D eigenvalue weighted by Crippen LogP contribution is -2.57. The van der Waals surface area contributed by atoms with Gasteiger partial charge in [-0.2, -0.15) is 0 Å². The molecule has 0 aliphatic carbocycles. The minimum absolute atomic E-state index is 0.0354. The van der Waals surface area contributed by atoms with Crippen LogP contribution in [0.5, 0.6) is 0 Å². The number of amides is 3. The third-order valence-electron chi connectivity index (χ3n) is 4.18. The number of rotatable bonds is 13. The summed E-state index contributed by atoms with van der Waals surface area (Å²) >= 11 is 0. The van der Waals surface area contributed by atoms with E-state index in [0.717, 1.165) is 0 Å². The highest BCUT2D eigenvalue weighted by Crippen LogP contribution is 2.07. The maximum absolute atomic E-state index is 12.5. The second-order valence-electron chi connectivity index (χ2n) is 7.52. The highest BCUT2D eigenvalue weighted by atomic mass is 16.4. The summed E-state index contributed by atoms with van der Waals surface area (Å²) in [5.41, 5.74) is 5.48. The van der Waals surface area contributed by atoms with Gasteiger partial charge in [0.15, 0.2) is 0 Å². The molecule has 0 aromatic heterocycles. The van der Waals surface area contributed by atoms with Gasteiger partial charge in [0.25, 0.3) is 0 Å². The number of carboxylic acid groups (broad SMARTS) is 2. The lowest BCUT2D eigenvalue weighted by molar-refractivity contribution is -0.143. The van der Waals surface area contributed by atoms with Gasteiger partial charge in [0.05, 0.1) is 6.10 Å². The van der Waals surface area contributed by atoms with Crippen molar-refractivity contribution in [3.8, 4) is 0 Å². The van der Waals surface area contributed by atoms with E-state index in [1.54, 1.807) is 13.8 Å². The van der Waals surface area contributed by atoms with Gasteiger partial charge < -0.3 is 37.0 Å². The van der Waals surface area contributed by atoms with Gasteiger partial charge >= 0.3 is 11.9 Å². The molecule has 0 aromatic carbocycles. The Morgan fingerprint density at radius 1 is 0.833 bits per heavy atom. The molecule has 0 heterocycles. The summed E-state index contributed by atoms with van der Waals surface area (Å²) in [5, 5.41) is 34.4. The molecule has 0 spiro atoms. The van der Waals surface area contributed by atoms with Crippen LogP contribution >= 0.6 is 0 Å². The zero-order chi connectivity index (χ0) is 23.6. The minimum Gasteiger partial charge on any atom is -0.481 e. The molecule has 0 rings (SSSR count). The number of aliphatic hydroxyl groups excluding tert-OH is 1. The van der Waals surface area contributed by atoms with Crippen LogP contribution in [0.1, 0.15) is 47.0 Å². The highest BCUT2D eigenvalue weighted by molar-refractivity contribution is 5.94. The van der Waals surface area contributed by atoms with E-state index in [1.807, 2.05) is 0 Å². The van der Waals surface area contributed by atoms with Crippen LogP contribution in [-0.4, -0.2) is 75.3 Å². The standard InChI is InChI=1S/C18H32N4O8/c1-8(2)7-12(18(29)30)22-16(27)11(5-6-13(24)25)21-15(26)9(3)20-17(28)14(19)10(4)23/h8-12,14,23H,5-7,19H2,1-4H3,(H,20,28)(H,21,26)(H,22,27)(H,24,25)(H,29,30). The zero-order valence-corrected chi connectivity index (χ0v) is 17.5. The first kappa shape index (κ1) is 27.3. The van der Waals surface area contributed by atoms with Gasteiger partial charge in [-0.3, -0.25) is 19.2 Å². The zero-order valence-electron chi connectivity index (χ0n) is 17.5. The van der Waals surface area contributed by atoms with Crippen molar-refractivity contribution in [1.29, 1.82) is 0 Å². The van der Waals surface area contributed by atoms with Crippen molar-refractivity contribution in [1.82, 2.24) is 16.0 Å². The lowest BCUT2D eigenvalue weighted by atomic mass is 10.0. The van der Waals surface area contributed by atoms with E-state index in [-0.39, 0.29) is 18.8 Å². The second kappa shape index (κ2) is 12.8. The molecular formula is C18H32N4O8. The lowest BCUT2D eigenvalue weighted by Gasteiger charge is -2.24. The Balaban J connectivity index is 5.20. The van der Waals surface area contributed by atoms with Crippen molar-refractivity contribution in [3.05, 3.63) is 0 Å². The average molecular weight is 432 g/mol. The molecule has 0 saturated carbocycles. The van der Waals surface area contributed by atoms with E-state index in [1.165, 1.54) is 13.8 Å². The summed E-state index contributed by atoms with van der Waals surface area (Å²) in [6.45, 7) is 6.16. The third kappa shape index (κ3) is 10.2. The first-order chi connectivity index (χ1) is 13.8. The van der Waals surface area contributed by atoms with E-state index in [9.17, 15) is 34.2 Å². The van der Waals surface area contributed by atoms with E-state index in [4.69, 9.17) is 10.8 Å². The molecular weight excluding hydrogens is 400 g/mol. The predicted octanol–water partition coefficient (Wildman–Crippen LogP) is -1.84. The topological polar surface area (TPSA) is 208 Å². The Bertz CT molecular complexity index is 638. The molecule has 0 aromatic rings. The molecule has 0 aliphatic heterocycles. The molecule has 0 radical (unpaired) electrons. The van der Waals surface area contributed by atoms with Crippen LogP contribution in [0, 0.1) is 5.92 Å². The van der Waals surface area contributed by atoms with Crippen molar-refractivity contribution in [2.24, 2.45) is 11.7 Å². The number of carbonyl (C=O) groups is 5. The summed E-state index contributed by atoms with van der Waals surface area (Å²) < 4.78 is 0. The molecule has 12 nitrogen and oxygen atoms in total. The molecule has 12 heteroatoms. The van der Waals surface area contributed by atoms with Gasteiger partial charge in [0, 0.05) is 6.42 Å². The van der Waals surface area contributed by atoms with Gasteiger partial charge in [0.2, 0.25) is 17.7 Å². The van der Waals surface area contributed by atoms with Crippen LogP contribution in [-0.2, 0) is 24.0 Å². The van der Waals surface area contributed by atoms with Crippen molar-refractivity contribution < 1.29 is 39.3 Å². The van der Waals surface area contributed by atoms with E-state index >= 15 is 0 Å². The Labute approximate surface area is 174 Å². The molecule has 0 bridgehead atoms. The summed E-state index contributed by atoms with van der Waals surface area (Å²) in [5.74, 6) is -4.94. The van der Waals surface area contributed by atoms with E-state index in [0.29, 0.717) is 0 Å². The quantitative estimate of drug-likeness (QED) is 0.174. The minimum atomic E-state index is -1.33. The van der Waals surface area contributed by atoms with Crippen LogP contribution in [0.15, 0.2) is 0 Å². The van der Waals surface area contributed by atoms with Gasteiger partial charge in [-0.05, 0) is 32.6 Å². The third-order valence-corrected chi connectivity index (χ3v) is 4.18. The van der Waals surface area contributed by atoms with Crippen LogP contribution in [0.3, 0.4) is 0 Å². The molecule has 8 N–H and O–H groups in total. The molecule has 172 valence electrons. The van der Waals surface area contributed by atoms with Crippen LogP contribution < -0.4 is 21.7 Å². The first-order valence-corrected chi connectivity index (χ1v) is 9.55. The average Bonchev–Trinajstić information content (AvgIpc) is 2.62. The van der Waals surface area contributed by atoms with Gasteiger partial charge in [-0.25, -0.2) is 4.79 Å². The molecule has 0 aliphatic rings. The smallest absolute Gasteiger partial charge is 0.326 e. The number of aliphatic hydroxyl groups is 1. The first-order valence-electron chi connectivity index (χ1n) is 9.55. The maximum atomic E-state index is 12.5. The Kier molecular flexibility index (Phi) is 11.6. The summed E-state index contributed by atoms with van der Waals surface area (Å²) in [4.78, 5) is 58.9. The number of carboxylic acids is 2. The van der Waals surface area contributed by atoms with Crippen molar-refractivity contribution in [3.63, 3.8) is 0 Å². The Morgan fingerprint density at radius 3 is 1.80 bits per heavy atom. The van der Waals surface area contributed by atoms with Crippen LogP contribution in [0.25, 0.3) is 0 Å². The van der Waals surface area contributed by atoms with Gasteiger partial charge in [-0.15, -0.1) is 0 Å². The number of hydrogen-bond donors (Lipinski definition) is 7. The van der Waals surface area contributed by atoms with E-state index in [2.05, 4.69) is 16.0 Å². The van der Waals surface area contributed by atoms with E-state index < -0.39 is 66.4 Å². The molecule has 3 amide bonds. The largest absolute Gasteiger partial charge is 0.481 e. The van der Waals surface area contributed by atoms with Gasteiger partial charge in [-0.1, -0.05) is 13.8 Å². The second-order valence-corrected chi connectivity index (χ2v) is 7.52. The van der Waals surface area contributed by atoms with Crippen molar-refractivity contribution in [2.75, 3.05) is 0 Å². The van der Waals surface area contributed by atoms with Gasteiger partial charge in [0.1, 0.15) is 24.2 Å². The fourth-order valence-electron chi connectivity index (χ4n) is 2.39. The Hall–Kier alpha value is -2.73. The molecule has 5 unspecified atom stereocenters. The van der Waals surface area contributed by atoms with Crippen molar-refractivity contribution in [2.45, 2.75) is 77.2 Å². The monoisotopic (exact) mass is 432 g/mol. The predicted molar refractivity (Wildman–Crippen MR) is 105 cm³/mol. The number of aliphatic carboxylic acids is 2. The number of carbonyl (C=O) groups excluding carboxylic acids is 3. The number of nitrogens with one attached hydrogen (secondary N) is 3.